The number of hydrogen-bond acceptors (Lipinski definition) is 7. The van der Waals surface area contributed by atoms with Gasteiger partial charge >= 0.3 is 0 Å². The Morgan fingerprint density at radius 2 is 2.04 bits per heavy atom. The molecule has 0 bridgehead atoms. The first-order valence-electron chi connectivity index (χ1n) is 7.88. The fourth-order valence-electron chi connectivity index (χ4n) is 2.56. The van der Waals surface area contributed by atoms with Gasteiger partial charge in [-0.25, -0.2) is 0 Å². The lowest BCUT2D eigenvalue weighted by Crippen LogP contribution is -2.23. The normalized spacial score (nSPS) is 12.0. The molecule has 0 aliphatic carbocycles. The van der Waals surface area contributed by atoms with Crippen LogP contribution in [0.15, 0.2) is 47.0 Å². The number of methoxy groups -OCH3 is 1. The third-order valence-electron chi connectivity index (χ3n) is 3.85. The third kappa shape index (κ3) is 3.04. The van der Waals surface area contributed by atoms with E-state index in [0.29, 0.717) is 34.5 Å². The first-order valence-corrected chi connectivity index (χ1v) is 7.88. The molecule has 1 aliphatic heterocycles. The molecule has 0 atom stereocenters. The van der Waals surface area contributed by atoms with Gasteiger partial charge in [0.15, 0.2) is 11.5 Å². The molecule has 1 aromatic heterocycles. The van der Waals surface area contributed by atoms with E-state index in [1.54, 1.807) is 36.4 Å². The summed E-state index contributed by atoms with van der Waals surface area (Å²) in [5.74, 6) is 2.23. The van der Waals surface area contributed by atoms with E-state index in [0.717, 1.165) is 5.56 Å². The molecule has 0 saturated carbocycles. The number of carbonyl (C=O) groups excluding carboxylic acids is 1. The van der Waals surface area contributed by atoms with Crippen LogP contribution >= 0.6 is 0 Å². The van der Waals surface area contributed by atoms with Gasteiger partial charge in [0.2, 0.25) is 18.5 Å². The SMILES string of the molecule is COc1ccccc1C(=O)NCc1nc(-c2ccc3c(c2)OCO3)no1. The maximum Gasteiger partial charge on any atom is 0.255 e. The van der Waals surface area contributed by atoms with E-state index < -0.39 is 0 Å². The van der Waals surface area contributed by atoms with Crippen LogP contribution in [0.2, 0.25) is 0 Å². The van der Waals surface area contributed by atoms with Gasteiger partial charge in [0.1, 0.15) is 5.75 Å². The average Bonchev–Trinajstić information content (AvgIpc) is 3.34. The quantitative estimate of drug-likeness (QED) is 0.752. The molecule has 2 aromatic carbocycles. The minimum atomic E-state index is -0.287. The molecule has 132 valence electrons. The summed E-state index contributed by atoms with van der Waals surface area (Å²) in [4.78, 5) is 16.6. The molecule has 3 aromatic rings. The van der Waals surface area contributed by atoms with E-state index in [9.17, 15) is 4.79 Å². The Kier molecular flexibility index (Phi) is 4.14. The second-order valence-corrected chi connectivity index (χ2v) is 5.46. The maximum atomic E-state index is 12.3. The van der Waals surface area contributed by atoms with Gasteiger partial charge in [-0.05, 0) is 30.3 Å². The molecule has 1 N–H and O–H groups in total. The lowest BCUT2D eigenvalue weighted by Gasteiger charge is -2.07. The summed E-state index contributed by atoms with van der Waals surface area (Å²) in [5, 5.41) is 6.67. The Labute approximate surface area is 148 Å². The molecule has 2 heterocycles. The molecule has 1 amide bonds. The number of ether oxygens (including phenoxy) is 3. The van der Waals surface area contributed by atoms with Crippen molar-refractivity contribution in [1.82, 2.24) is 15.5 Å². The number of benzene rings is 2. The molecule has 8 nitrogen and oxygen atoms in total. The van der Waals surface area contributed by atoms with Crippen LogP contribution in [-0.2, 0) is 6.54 Å². The van der Waals surface area contributed by atoms with Crippen molar-refractivity contribution in [2.45, 2.75) is 6.54 Å². The van der Waals surface area contributed by atoms with Crippen molar-refractivity contribution >= 4 is 5.91 Å². The monoisotopic (exact) mass is 353 g/mol. The molecule has 0 radical (unpaired) electrons. The molecule has 8 heteroatoms. The average molecular weight is 353 g/mol. The van der Waals surface area contributed by atoms with E-state index in [2.05, 4.69) is 15.5 Å². The Morgan fingerprint density at radius 3 is 2.92 bits per heavy atom. The molecule has 0 unspecified atom stereocenters. The van der Waals surface area contributed by atoms with Crippen molar-refractivity contribution in [1.29, 1.82) is 0 Å². The highest BCUT2D eigenvalue weighted by Crippen LogP contribution is 2.35. The Balaban J connectivity index is 1.45. The van der Waals surface area contributed by atoms with Crippen LogP contribution in [0.1, 0.15) is 16.2 Å². The van der Waals surface area contributed by atoms with Crippen molar-refractivity contribution in [3.63, 3.8) is 0 Å². The highest BCUT2D eigenvalue weighted by Gasteiger charge is 2.17. The minimum absolute atomic E-state index is 0.106. The van der Waals surface area contributed by atoms with Crippen LogP contribution in [-0.4, -0.2) is 30.0 Å². The van der Waals surface area contributed by atoms with Gasteiger partial charge in [-0.15, -0.1) is 0 Å². The van der Waals surface area contributed by atoms with Crippen molar-refractivity contribution in [2.75, 3.05) is 13.9 Å². The minimum Gasteiger partial charge on any atom is -0.496 e. The lowest BCUT2D eigenvalue weighted by molar-refractivity contribution is 0.0943. The van der Waals surface area contributed by atoms with Crippen molar-refractivity contribution in [2.24, 2.45) is 0 Å². The summed E-state index contributed by atoms with van der Waals surface area (Å²) in [5.41, 5.74) is 1.17. The molecule has 0 fully saturated rings. The summed E-state index contributed by atoms with van der Waals surface area (Å²) < 4.78 is 21.0. The molecular formula is C18H15N3O5. The predicted octanol–water partition coefficient (Wildman–Crippen LogP) is 2.40. The van der Waals surface area contributed by atoms with E-state index >= 15 is 0 Å². The fourth-order valence-corrected chi connectivity index (χ4v) is 2.56. The lowest BCUT2D eigenvalue weighted by atomic mass is 10.2. The second kappa shape index (κ2) is 6.75. The summed E-state index contributed by atoms with van der Waals surface area (Å²) >= 11 is 0. The van der Waals surface area contributed by atoms with Crippen molar-refractivity contribution in [3.05, 3.63) is 53.9 Å². The number of nitrogens with one attached hydrogen (secondary N) is 1. The first kappa shape index (κ1) is 15.9. The van der Waals surface area contributed by atoms with Crippen LogP contribution in [0.3, 0.4) is 0 Å². The van der Waals surface area contributed by atoms with E-state index in [1.165, 1.54) is 7.11 Å². The number of nitrogens with zero attached hydrogens (tertiary/aromatic N) is 2. The van der Waals surface area contributed by atoms with Crippen LogP contribution in [0.5, 0.6) is 17.2 Å². The molecule has 0 spiro atoms. The Hall–Kier alpha value is -3.55. The number of rotatable bonds is 5. The molecule has 0 saturated heterocycles. The van der Waals surface area contributed by atoms with Crippen molar-refractivity contribution < 1.29 is 23.5 Å². The highest BCUT2D eigenvalue weighted by molar-refractivity contribution is 5.96. The number of hydrogen-bond donors (Lipinski definition) is 1. The van der Waals surface area contributed by atoms with Crippen molar-refractivity contribution in [3.8, 4) is 28.6 Å². The third-order valence-corrected chi connectivity index (χ3v) is 3.85. The second-order valence-electron chi connectivity index (χ2n) is 5.46. The van der Waals surface area contributed by atoms with Gasteiger partial charge in [0, 0.05) is 5.56 Å². The zero-order valence-corrected chi connectivity index (χ0v) is 13.9. The number of fused-ring (bicyclic) bond motifs is 1. The molecule has 1 aliphatic rings. The maximum absolute atomic E-state index is 12.3. The smallest absolute Gasteiger partial charge is 0.255 e. The number of amides is 1. The van der Waals surface area contributed by atoms with Crippen LogP contribution < -0.4 is 19.5 Å². The Bertz CT molecular complexity index is 954. The number of para-hydroxylation sites is 1. The van der Waals surface area contributed by atoms with Gasteiger partial charge in [0.05, 0.1) is 19.2 Å². The first-order chi connectivity index (χ1) is 12.7. The standard InChI is InChI=1S/C18H15N3O5/c1-23-13-5-3-2-4-12(13)18(22)19-9-16-20-17(21-26-16)11-6-7-14-15(8-11)25-10-24-14/h2-8H,9-10H2,1H3,(H,19,22). The highest BCUT2D eigenvalue weighted by atomic mass is 16.7. The summed E-state index contributed by atoms with van der Waals surface area (Å²) in [7, 11) is 1.52. The number of aromatic nitrogens is 2. The van der Waals surface area contributed by atoms with Gasteiger partial charge in [-0.3, -0.25) is 4.79 Å². The molecule has 26 heavy (non-hydrogen) atoms. The largest absolute Gasteiger partial charge is 0.496 e. The predicted molar refractivity (Wildman–Crippen MR) is 90.0 cm³/mol. The Morgan fingerprint density at radius 1 is 1.19 bits per heavy atom. The zero-order chi connectivity index (χ0) is 17.9. The van der Waals surface area contributed by atoms with E-state index in [4.69, 9.17) is 18.7 Å². The van der Waals surface area contributed by atoms with Gasteiger partial charge in [-0.1, -0.05) is 17.3 Å². The van der Waals surface area contributed by atoms with Crippen LogP contribution in [0.4, 0.5) is 0 Å². The summed E-state index contributed by atoms with van der Waals surface area (Å²) in [6.07, 6.45) is 0. The topological polar surface area (TPSA) is 95.7 Å². The van der Waals surface area contributed by atoms with Gasteiger partial charge in [0.25, 0.3) is 5.91 Å². The van der Waals surface area contributed by atoms with E-state index in [1.807, 2.05) is 6.07 Å². The number of carbonyl (C=O) groups is 1. The van der Waals surface area contributed by atoms with Crippen LogP contribution in [0, 0.1) is 0 Å². The van der Waals surface area contributed by atoms with Crippen LogP contribution in [0.25, 0.3) is 11.4 Å². The van der Waals surface area contributed by atoms with Gasteiger partial charge in [-0.2, -0.15) is 4.98 Å². The van der Waals surface area contributed by atoms with Gasteiger partial charge < -0.3 is 24.1 Å². The molecule has 4 rings (SSSR count). The molecular weight excluding hydrogens is 338 g/mol. The summed E-state index contributed by atoms with van der Waals surface area (Å²) in [6.45, 7) is 0.305. The van der Waals surface area contributed by atoms with E-state index in [-0.39, 0.29) is 19.2 Å². The zero-order valence-electron chi connectivity index (χ0n) is 13.9. The summed E-state index contributed by atoms with van der Waals surface area (Å²) in [6, 6.07) is 12.4. The fraction of sp³-hybridized carbons (Fsp3) is 0.167.